The Morgan fingerprint density at radius 3 is 2.62 bits per heavy atom. The van der Waals surface area contributed by atoms with E-state index in [2.05, 4.69) is 48.6 Å². The molecule has 0 radical (unpaired) electrons. The van der Waals surface area contributed by atoms with Gasteiger partial charge in [0, 0.05) is 18.4 Å². The predicted molar refractivity (Wildman–Crippen MR) is 100 cm³/mol. The molecule has 124 valence electrons. The van der Waals surface area contributed by atoms with Crippen LogP contribution in [0.3, 0.4) is 0 Å². The molecule has 3 nitrogen and oxygen atoms in total. The molecule has 0 atom stereocenters. The summed E-state index contributed by atoms with van der Waals surface area (Å²) in [7, 11) is 1.63. The zero-order chi connectivity index (χ0) is 16.9. The van der Waals surface area contributed by atoms with Crippen LogP contribution >= 0.6 is 11.3 Å². The van der Waals surface area contributed by atoms with E-state index < -0.39 is 0 Å². The van der Waals surface area contributed by atoms with Gasteiger partial charge in [-0.25, -0.2) is 0 Å². The summed E-state index contributed by atoms with van der Waals surface area (Å²) >= 11 is 1.56. The third kappa shape index (κ3) is 3.66. The van der Waals surface area contributed by atoms with Crippen molar-refractivity contribution in [3.8, 4) is 0 Å². The van der Waals surface area contributed by atoms with Crippen LogP contribution in [0, 0.1) is 6.92 Å². The van der Waals surface area contributed by atoms with Crippen molar-refractivity contribution in [2.24, 2.45) is 0 Å². The second kappa shape index (κ2) is 7.60. The molecule has 0 fully saturated rings. The standard InChI is InChI=1S/C20H21NO2S/c1-14-7-9-15(10-8-14)13-17-16-5-3-4-6-18(16)24-19(17)20(22)21-11-12-23-2/h3-10H,11-13H2,1-2H3,(H,21,22). The largest absolute Gasteiger partial charge is 0.383 e. The number of amides is 1. The second-order valence-corrected chi connectivity index (χ2v) is 6.87. The van der Waals surface area contributed by atoms with E-state index in [9.17, 15) is 4.79 Å². The quantitative estimate of drug-likeness (QED) is 0.684. The van der Waals surface area contributed by atoms with Crippen LogP contribution in [0.25, 0.3) is 10.1 Å². The van der Waals surface area contributed by atoms with Gasteiger partial charge in [0.05, 0.1) is 11.5 Å². The maximum atomic E-state index is 12.6. The van der Waals surface area contributed by atoms with Gasteiger partial charge in [-0.3, -0.25) is 4.79 Å². The summed E-state index contributed by atoms with van der Waals surface area (Å²) in [6.45, 7) is 3.12. The fraction of sp³-hybridized carbons (Fsp3) is 0.250. The van der Waals surface area contributed by atoms with Gasteiger partial charge in [0.15, 0.2) is 0 Å². The van der Waals surface area contributed by atoms with Crippen LogP contribution in [0.2, 0.25) is 0 Å². The Labute approximate surface area is 146 Å². The lowest BCUT2D eigenvalue weighted by Gasteiger charge is -2.07. The molecule has 24 heavy (non-hydrogen) atoms. The molecule has 0 bridgehead atoms. The lowest BCUT2D eigenvalue weighted by molar-refractivity contribution is 0.0940. The van der Waals surface area contributed by atoms with Crippen LogP contribution in [0.4, 0.5) is 0 Å². The average molecular weight is 339 g/mol. The highest BCUT2D eigenvalue weighted by Crippen LogP contribution is 2.33. The number of benzene rings is 2. The van der Waals surface area contributed by atoms with Crippen molar-refractivity contribution in [3.05, 3.63) is 70.1 Å². The Kier molecular flexibility index (Phi) is 5.28. The SMILES string of the molecule is COCCNC(=O)c1sc2ccccc2c1Cc1ccc(C)cc1. The van der Waals surface area contributed by atoms with Crippen molar-refractivity contribution >= 4 is 27.3 Å². The first-order chi connectivity index (χ1) is 11.7. The normalized spacial score (nSPS) is 10.9. The highest BCUT2D eigenvalue weighted by molar-refractivity contribution is 7.21. The lowest BCUT2D eigenvalue weighted by atomic mass is 10.0. The van der Waals surface area contributed by atoms with E-state index in [-0.39, 0.29) is 5.91 Å². The van der Waals surface area contributed by atoms with Crippen molar-refractivity contribution in [2.75, 3.05) is 20.3 Å². The van der Waals surface area contributed by atoms with Gasteiger partial charge in [0.25, 0.3) is 5.91 Å². The van der Waals surface area contributed by atoms with Gasteiger partial charge in [-0.05, 0) is 35.9 Å². The fourth-order valence-corrected chi connectivity index (χ4v) is 3.85. The molecule has 1 heterocycles. The second-order valence-electron chi connectivity index (χ2n) is 5.82. The molecule has 0 aliphatic carbocycles. The Balaban J connectivity index is 1.95. The highest BCUT2D eigenvalue weighted by Gasteiger charge is 2.18. The summed E-state index contributed by atoms with van der Waals surface area (Å²) in [6, 6.07) is 16.7. The fourth-order valence-electron chi connectivity index (χ4n) is 2.71. The molecule has 0 aliphatic rings. The van der Waals surface area contributed by atoms with E-state index in [1.54, 1.807) is 18.4 Å². The van der Waals surface area contributed by atoms with Gasteiger partial charge in [0.1, 0.15) is 0 Å². The number of carbonyl (C=O) groups excluding carboxylic acids is 1. The number of ether oxygens (including phenoxy) is 1. The summed E-state index contributed by atoms with van der Waals surface area (Å²) in [5.74, 6) is -0.0182. The first-order valence-electron chi connectivity index (χ1n) is 8.02. The molecule has 3 aromatic rings. The highest BCUT2D eigenvalue weighted by atomic mass is 32.1. The van der Waals surface area contributed by atoms with Crippen LogP contribution in [0.5, 0.6) is 0 Å². The Hall–Kier alpha value is -2.17. The number of carbonyl (C=O) groups is 1. The molecule has 0 saturated carbocycles. The minimum atomic E-state index is -0.0182. The van der Waals surface area contributed by atoms with Crippen molar-refractivity contribution < 1.29 is 9.53 Å². The van der Waals surface area contributed by atoms with E-state index in [0.717, 1.165) is 21.6 Å². The zero-order valence-corrected chi connectivity index (χ0v) is 14.8. The van der Waals surface area contributed by atoms with Crippen LogP contribution in [0.15, 0.2) is 48.5 Å². The maximum Gasteiger partial charge on any atom is 0.261 e. The van der Waals surface area contributed by atoms with E-state index in [1.165, 1.54) is 16.5 Å². The van der Waals surface area contributed by atoms with Crippen molar-refractivity contribution in [2.45, 2.75) is 13.3 Å². The molecule has 1 N–H and O–H groups in total. The van der Waals surface area contributed by atoms with Gasteiger partial charge in [-0.15, -0.1) is 11.3 Å². The topological polar surface area (TPSA) is 38.3 Å². The molecular weight excluding hydrogens is 318 g/mol. The summed E-state index contributed by atoms with van der Waals surface area (Å²) in [5, 5.41) is 4.11. The summed E-state index contributed by atoms with van der Waals surface area (Å²) in [4.78, 5) is 13.4. The number of hydrogen-bond donors (Lipinski definition) is 1. The average Bonchev–Trinajstić information content (AvgIpc) is 2.96. The molecular formula is C20H21NO2S. The van der Waals surface area contributed by atoms with E-state index >= 15 is 0 Å². The van der Waals surface area contributed by atoms with Crippen molar-refractivity contribution in [3.63, 3.8) is 0 Å². The Morgan fingerprint density at radius 1 is 1.12 bits per heavy atom. The van der Waals surface area contributed by atoms with Crippen LogP contribution < -0.4 is 5.32 Å². The monoisotopic (exact) mass is 339 g/mol. The Morgan fingerprint density at radius 2 is 1.88 bits per heavy atom. The minimum Gasteiger partial charge on any atom is -0.383 e. The summed E-state index contributed by atoms with van der Waals surface area (Å²) in [6.07, 6.45) is 0.761. The van der Waals surface area contributed by atoms with Gasteiger partial charge < -0.3 is 10.1 Å². The number of methoxy groups -OCH3 is 1. The van der Waals surface area contributed by atoms with Gasteiger partial charge in [-0.2, -0.15) is 0 Å². The maximum absolute atomic E-state index is 12.6. The molecule has 4 heteroatoms. The number of fused-ring (bicyclic) bond motifs is 1. The molecule has 1 amide bonds. The third-order valence-electron chi connectivity index (χ3n) is 4.00. The number of nitrogens with one attached hydrogen (secondary N) is 1. The molecule has 0 saturated heterocycles. The van der Waals surface area contributed by atoms with Gasteiger partial charge in [-0.1, -0.05) is 48.0 Å². The van der Waals surface area contributed by atoms with Crippen molar-refractivity contribution in [1.29, 1.82) is 0 Å². The van der Waals surface area contributed by atoms with Crippen LogP contribution in [-0.2, 0) is 11.2 Å². The first kappa shape index (κ1) is 16.7. The molecule has 0 unspecified atom stereocenters. The van der Waals surface area contributed by atoms with Gasteiger partial charge in [0.2, 0.25) is 0 Å². The number of hydrogen-bond acceptors (Lipinski definition) is 3. The van der Waals surface area contributed by atoms with Gasteiger partial charge >= 0.3 is 0 Å². The first-order valence-corrected chi connectivity index (χ1v) is 8.84. The molecule has 1 aromatic heterocycles. The minimum absolute atomic E-state index is 0.0182. The third-order valence-corrected chi connectivity index (χ3v) is 5.21. The zero-order valence-electron chi connectivity index (χ0n) is 14.0. The smallest absolute Gasteiger partial charge is 0.261 e. The van der Waals surface area contributed by atoms with Crippen molar-refractivity contribution in [1.82, 2.24) is 5.32 Å². The Bertz CT molecular complexity index is 836. The molecule has 0 aliphatic heterocycles. The molecule has 2 aromatic carbocycles. The summed E-state index contributed by atoms with van der Waals surface area (Å²) < 4.78 is 6.16. The number of rotatable bonds is 6. The van der Waals surface area contributed by atoms with E-state index in [0.29, 0.717) is 13.2 Å². The van der Waals surface area contributed by atoms with E-state index in [4.69, 9.17) is 4.74 Å². The predicted octanol–water partition coefficient (Wildman–Crippen LogP) is 4.18. The molecule has 3 rings (SSSR count). The van der Waals surface area contributed by atoms with Crippen LogP contribution in [-0.4, -0.2) is 26.2 Å². The summed E-state index contributed by atoms with van der Waals surface area (Å²) in [5.41, 5.74) is 3.57. The van der Waals surface area contributed by atoms with Crippen LogP contribution in [0.1, 0.15) is 26.4 Å². The lowest BCUT2D eigenvalue weighted by Crippen LogP contribution is -2.27. The number of aryl methyl sites for hydroxylation is 1. The molecule has 0 spiro atoms. The van der Waals surface area contributed by atoms with E-state index in [1.807, 2.05) is 12.1 Å². The number of thiophene rings is 1.